The fourth-order valence-electron chi connectivity index (χ4n) is 2.07. The Morgan fingerprint density at radius 3 is 2.79 bits per heavy atom. The van der Waals surface area contributed by atoms with Gasteiger partial charge in [0.25, 0.3) is 5.69 Å². The van der Waals surface area contributed by atoms with Crippen LogP contribution < -0.4 is 0 Å². The summed E-state index contributed by atoms with van der Waals surface area (Å²) in [5.74, 6) is -1.15. The number of hydrogen-bond acceptors (Lipinski definition) is 5. The van der Waals surface area contributed by atoms with Gasteiger partial charge in [-0.25, -0.2) is 4.39 Å². The highest BCUT2D eigenvalue weighted by molar-refractivity contribution is 5.87. The molecule has 0 unspecified atom stereocenters. The van der Waals surface area contributed by atoms with Gasteiger partial charge < -0.3 is 4.74 Å². The maximum Gasteiger partial charge on any atom is 0.293 e. The Hall–Kier alpha value is -1.89. The molecule has 7 heteroatoms. The summed E-state index contributed by atoms with van der Waals surface area (Å²) in [5, 5.41) is 10.9. The fourth-order valence-corrected chi connectivity index (χ4v) is 2.07. The van der Waals surface area contributed by atoms with E-state index >= 15 is 0 Å². The highest BCUT2D eigenvalue weighted by atomic mass is 19.1. The van der Waals surface area contributed by atoms with E-state index in [1.807, 2.05) is 0 Å². The first-order valence-electron chi connectivity index (χ1n) is 5.85. The van der Waals surface area contributed by atoms with E-state index in [4.69, 9.17) is 4.74 Å². The van der Waals surface area contributed by atoms with Crippen LogP contribution in [0.15, 0.2) is 18.5 Å². The summed E-state index contributed by atoms with van der Waals surface area (Å²) in [7, 11) is 0. The summed E-state index contributed by atoms with van der Waals surface area (Å²) in [5.41, 5.74) is -0.302. The third-order valence-corrected chi connectivity index (χ3v) is 3.39. The van der Waals surface area contributed by atoms with E-state index in [1.165, 1.54) is 12.3 Å². The molecule has 0 spiro atoms. The average molecular weight is 268 g/mol. The molecule has 0 amide bonds. The Kier molecular flexibility index (Phi) is 3.57. The van der Waals surface area contributed by atoms with Crippen LogP contribution in [0.4, 0.5) is 10.1 Å². The summed E-state index contributed by atoms with van der Waals surface area (Å²) < 4.78 is 19.5. The van der Waals surface area contributed by atoms with Crippen LogP contribution in [0.3, 0.4) is 0 Å². The van der Waals surface area contributed by atoms with Crippen molar-refractivity contribution in [2.45, 2.75) is 32.2 Å². The van der Waals surface area contributed by atoms with Gasteiger partial charge in [-0.2, -0.15) is 0 Å². The molecule has 1 aliphatic rings. The van der Waals surface area contributed by atoms with Crippen molar-refractivity contribution in [2.24, 2.45) is 5.92 Å². The van der Waals surface area contributed by atoms with E-state index in [-0.39, 0.29) is 11.3 Å². The molecule has 19 heavy (non-hydrogen) atoms. The average Bonchev–Trinajstić information content (AvgIpc) is 2.40. The zero-order chi connectivity index (χ0) is 14.2. The summed E-state index contributed by atoms with van der Waals surface area (Å²) >= 11 is 0. The number of nitro groups is 1. The van der Waals surface area contributed by atoms with Crippen molar-refractivity contribution in [1.29, 1.82) is 0 Å². The predicted octanol–water partition coefficient (Wildman–Crippen LogP) is 1.99. The number of hydrogen-bond donors (Lipinski definition) is 0. The molecule has 0 N–H and O–H groups in total. The molecule has 0 bridgehead atoms. The molecule has 1 aromatic heterocycles. The number of alkyl halides is 1. The van der Waals surface area contributed by atoms with Crippen molar-refractivity contribution in [3.8, 4) is 0 Å². The van der Waals surface area contributed by atoms with Crippen LogP contribution in [0.2, 0.25) is 0 Å². The molecule has 4 atom stereocenters. The van der Waals surface area contributed by atoms with E-state index in [1.54, 1.807) is 13.8 Å². The molecule has 1 fully saturated rings. The second-order valence-electron chi connectivity index (χ2n) is 4.55. The van der Waals surface area contributed by atoms with Crippen molar-refractivity contribution in [1.82, 2.24) is 4.98 Å². The quantitative estimate of drug-likeness (QED) is 0.605. The molecule has 2 heterocycles. The van der Waals surface area contributed by atoms with Gasteiger partial charge in [0.2, 0.25) is 0 Å². The number of aromatic nitrogens is 1. The standard InChI is InChI=1S/C12H13FN2O4/c1-6-7(2)19-12(10(13)11(6)16)8-3-4-14-5-9(8)15(17)18/h3-7,10,12H,1-2H3/t6-,7+,10+,12-/m0/s1. The third kappa shape index (κ3) is 2.33. The molecule has 0 saturated carbocycles. The highest BCUT2D eigenvalue weighted by Crippen LogP contribution is 2.37. The number of ketones is 1. The maximum atomic E-state index is 14.1. The molecule has 1 aromatic rings. The molecular weight excluding hydrogens is 255 g/mol. The highest BCUT2D eigenvalue weighted by Gasteiger charge is 2.44. The lowest BCUT2D eigenvalue weighted by Gasteiger charge is -2.34. The number of ether oxygens (including phenoxy) is 1. The lowest BCUT2D eigenvalue weighted by molar-refractivity contribution is -0.386. The van der Waals surface area contributed by atoms with E-state index in [0.717, 1.165) is 6.20 Å². The van der Waals surface area contributed by atoms with Crippen molar-refractivity contribution in [3.63, 3.8) is 0 Å². The first kappa shape index (κ1) is 13.5. The Morgan fingerprint density at radius 1 is 1.47 bits per heavy atom. The zero-order valence-electron chi connectivity index (χ0n) is 10.4. The Bertz CT molecular complexity index is 522. The molecule has 0 radical (unpaired) electrons. The minimum atomic E-state index is -1.90. The second kappa shape index (κ2) is 5.00. The van der Waals surface area contributed by atoms with E-state index in [9.17, 15) is 19.3 Å². The number of rotatable bonds is 2. The third-order valence-electron chi connectivity index (χ3n) is 3.39. The molecule has 2 rings (SSSR count). The largest absolute Gasteiger partial charge is 0.366 e. The van der Waals surface area contributed by atoms with E-state index < -0.39 is 35.0 Å². The van der Waals surface area contributed by atoms with Crippen LogP contribution in [0.25, 0.3) is 0 Å². The van der Waals surface area contributed by atoms with Gasteiger partial charge >= 0.3 is 0 Å². The van der Waals surface area contributed by atoms with Crippen LogP contribution in [0.5, 0.6) is 0 Å². The van der Waals surface area contributed by atoms with Gasteiger partial charge in [-0.3, -0.25) is 19.9 Å². The summed E-state index contributed by atoms with van der Waals surface area (Å²) in [6.07, 6.45) is -1.30. The van der Waals surface area contributed by atoms with Crippen molar-refractivity contribution >= 4 is 11.5 Å². The molecule has 102 valence electrons. The molecule has 1 saturated heterocycles. The monoisotopic (exact) mass is 268 g/mol. The van der Waals surface area contributed by atoms with Gasteiger partial charge in [-0.05, 0) is 13.0 Å². The van der Waals surface area contributed by atoms with Gasteiger partial charge in [-0.15, -0.1) is 0 Å². The van der Waals surface area contributed by atoms with Crippen LogP contribution in [-0.2, 0) is 9.53 Å². The van der Waals surface area contributed by atoms with Crippen LogP contribution in [-0.4, -0.2) is 28.0 Å². The lowest BCUT2D eigenvalue weighted by atomic mass is 9.88. The summed E-state index contributed by atoms with van der Waals surface area (Å²) in [6.45, 7) is 3.23. The Balaban J connectivity index is 2.41. The molecule has 0 aromatic carbocycles. The number of pyridine rings is 1. The van der Waals surface area contributed by atoms with Crippen molar-refractivity contribution < 1.29 is 18.8 Å². The maximum absolute atomic E-state index is 14.1. The van der Waals surface area contributed by atoms with Gasteiger partial charge in [0, 0.05) is 12.1 Å². The van der Waals surface area contributed by atoms with Crippen molar-refractivity contribution in [2.75, 3.05) is 0 Å². The minimum Gasteiger partial charge on any atom is -0.366 e. The normalized spacial score (nSPS) is 31.2. The molecule has 1 aliphatic heterocycles. The van der Waals surface area contributed by atoms with Gasteiger partial charge in [0.1, 0.15) is 12.3 Å². The fraction of sp³-hybridized carbons (Fsp3) is 0.500. The smallest absolute Gasteiger partial charge is 0.293 e. The van der Waals surface area contributed by atoms with Gasteiger partial charge in [0.15, 0.2) is 12.0 Å². The van der Waals surface area contributed by atoms with E-state index in [2.05, 4.69) is 4.98 Å². The van der Waals surface area contributed by atoms with Crippen LogP contribution >= 0.6 is 0 Å². The summed E-state index contributed by atoms with van der Waals surface area (Å²) in [4.78, 5) is 25.6. The Labute approximate surface area is 108 Å². The van der Waals surface area contributed by atoms with Crippen molar-refractivity contribution in [3.05, 3.63) is 34.1 Å². The van der Waals surface area contributed by atoms with E-state index in [0.29, 0.717) is 0 Å². The number of Topliss-reactive ketones (excluding diaryl/α,β-unsaturated/α-hetero) is 1. The molecular formula is C12H13FN2O4. The van der Waals surface area contributed by atoms with Crippen LogP contribution in [0.1, 0.15) is 25.5 Å². The number of nitrogens with zero attached hydrogens (tertiary/aromatic N) is 2. The van der Waals surface area contributed by atoms with Crippen LogP contribution in [0, 0.1) is 16.0 Å². The first-order valence-corrected chi connectivity index (χ1v) is 5.85. The summed E-state index contributed by atoms with van der Waals surface area (Å²) in [6, 6.07) is 1.31. The van der Waals surface area contributed by atoms with Gasteiger partial charge in [-0.1, -0.05) is 6.92 Å². The molecule has 6 nitrogen and oxygen atoms in total. The second-order valence-corrected chi connectivity index (χ2v) is 4.55. The number of carbonyl (C=O) groups excluding carboxylic acids is 1. The minimum absolute atomic E-state index is 0.0413. The SMILES string of the molecule is C[C@@H]1C(=O)[C@@H](F)[C@H](c2ccncc2[N+](=O)[O-])O[C@@H]1C. The Morgan fingerprint density at radius 2 is 2.16 bits per heavy atom. The number of carbonyl (C=O) groups is 1. The lowest BCUT2D eigenvalue weighted by Crippen LogP contribution is -2.43. The zero-order valence-corrected chi connectivity index (χ0v) is 10.4. The van der Waals surface area contributed by atoms with Gasteiger partial charge in [0.05, 0.1) is 16.6 Å². The molecule has 0 aliphatic carbocycles. The predicted molar refractivity (Wildman–Crippen MR) is 63.2 cm³/mol. The first-order chi connectivity index (χ1) is 8.93. The topological polar surface area (TPSA) is 82.3 Å². The number of halogens is 1.